The Morgan fingerprint density at radius 3 is 2.43 bits per heavy atom. The van der Waals surface area contributed by atoms with Gasteiger partial charge in [0.25, 0.3) is 5.91 Å². The molecule has 0 aromatic heterocycles. The molecular weight excluding hydrogens is 314 g/mol. The van der Waals surface area contributed by atoms with Crippen LogP contribution in [0.15, 0.2) is 42.5 Å². The van der Waals surface area contributed by atoms with Gasteiger partial charge in [-0.25, -0.2) is 0 Å². The maximum Gasteiger partial charge on any atom is 0.265 e. The van der Waals surface area contributed by atoms with Gasteiger partial charge in [0.05, 0.1) is 6.61 Å². The molecular formula is C18H20ClNO3. The van der Waals surface area contributed by atoms with Crippen LogP contribution in [0.4, 0.5) is 5.69 Å². The van der Waals surface area contributed by atoms with E-state index >= 15 is 0 Å². The average molecular weight is 334 g/mol. The third-order valence-electron chi connectivity index (χ3n) is 3.24. The Morgan fingerprint density at radius 2 is 1.83 bits per heavy atom. The monoisotopic (exact) mass is 333 g/mol. The lowest BCUT2D eigenvalue weighted by molar-refractivity contribution is -0.122. The number of amides is 1. The van der Waals surface area contributed by atoms with Gasteiger partial charge in [0.1, 0.15) is 11.5 Å². The molecule has 23 heavy (non-hydrogen) atoms. The van der Waals surface area contributed by atoms with E-state index in [0.717, 1.165) is 11.3 Å². The van der Waals surface area contributed by atoms with Crippen molar-refractivity contribution in [1.29, 1.82) is 0 Å². The molecule has 2 aromatic carbocycles. The molecule has 4 nitrogen and oxygen atoms in total. The average Bonchev–Trinajstić information content (AvgIpc) is 2.53. The molecule has 122 valence electrons. The Hall–Kier alpha value is -2.20. The van der Waals surface area contributed by atoms with Crippen molar-refractivity contribution >= 4 is 23.2 Å². The highest BCUT2D eigenvalue weighted by atomic mass is 35.5. The minimum absolute atomic E-state index is 0.221. The number of aryl methyl sites for hydroxylation is 1. The van der Waals surface area contributed by atoms with E-state index in [4.69, 9.17) is 21.1 Å². The molecule has 0 heterocycles. The van der Waals surface area contributed by atoms with E-state index in [1.807, 2.05) is 32.0 Å². The summed E-state index contributed by atoms with van der Waals surface area (Å²) in [6.07, 6.45) is -0.623. The van der Waals surface area contributed by atoms with Gasteiger partial charge in [0, 0.05) is 10.7 Å². The topological polar surface area (TPSA) is 47.6 Å². The Labute approximate surface area is 141 Å². The summed E-state index contributed by atoms with van der Waals surface area (Å²) in [7, 11) is 0. The highest BCUT2D eigenvalue weighted by Crippen LogP contribution is 2.22. The summed E-state index contributed by atoms with van der Waals surface area (Å²) in [6, 6.07) is 12.5. The van der Waals surface area contributed by atoms with E-state index in [0.29, 0.717) is 23.1 Å². The number of halogens is 1. The van der Waals surface area contributed by atoms with Crippen LogP contribution in [0.2, 0.25) is 5.02 Å². The Bertz CT molecular complexity index is 670. The quantitative estimate of drug-likeness (QED) is 0.849. The lowest BCUT2D eigenvalue weighted by Crippen LogP contribution is -2.30. The van der Waals surface area contributed by atoms with Crippen LogP contribution in [0.1, 0.15) is 19.4 Å². The normalized spacial score (nSPS) is 11.7. The Balaban J connectivity index is 1.95. The van der Waals surface area contributed by atoms with Crippen LogP contribution >= 0.6 is 11.6 Å². The summed E-state index contributed by atoms with van der Waals surface area (Å²) < 4.78 is 11.0. The molecule has 5 heteroatoms. The second-order valence-corrected chi connectivity index (χ2v) is 5.52. The number of benzene rings is 2. The van der Waals surface area contributed by atoms with Crippen molar-refractivity contribution in [3.05, 3.63) is 53.1 Å². The summed E-state index contributed by atoms with van der Waals surface area (Å²) in [4.78, 5) is 12.2. The first-order valence-corrected chi connectivity index (χ1v) is 7.84. The highest BCUT2D eigenvalue weighted by molar-refractivity contribution is 6.31. The predicted molar refractivity (Wildman–Crippen MR) is 92.5 cm³/mol. The Morgan fingerprint density at radius 1 is 1.17 bits per heavy atom. The summed E-state index contributed by atoms with van der Waals surface area (Å²) in [5.41, 5.74) is 1.60. The minimum Gasteiger partial charge on any atom is -0.494 e. The second-order valence-electron chi connectivity index (χ2n) is 5.12. The number of nitrogens with one attached hydrogen (secondary N) is 1. The van der Waals surface area contributed by atoms with Crippen LogP contribution in [0.5, 0.6) is 11.5 Å². The molecule has 0 aliphatic rings. The van der Waals surface area contributed by atoms with Gasteiger partial charge >= 0.3 is 0 Å². The van der Waals surface area contributed by atoms with Crippen molar-refractivity contribution in [2.45, 2.75) is 26.9 Å². The standard InChI is InChI=1S/C18H20ClNO3/c1-4-22-15-7-5-14(6-8-15)20-18(21)13(3)23-16-9-10-17(19)12(2)11-16/h5-11,13H,4H2,1-3H3,(H,20,21)/t13-/m0/s1. The zero-order valence-electron chi connectivity index (χ0n) is 13.4. The zero-order valence-corrected chi connectivity index (χ0v) is 14.2. The molecule has 2 rings (SSSR count). The van der Waals surface area contributed by atoms with Crippen LogP contribution in [0.3, 0.4) is 0 Å². The fraction of sp³-hybridized carbons (Fsp3) is 0.278. The molecule has 0 unspecified atom stereocenters. The molecule has 2 aromatic rings. The summed E-state index contributed by atoms with van der Waals surface area (Å²) in [5.74, 6) is 1.16. The van der Waals surface area contributed by atoms with Crippen molar-refractivity contribution in [2.75, 3.05) is 11.9 Å². The molecule has 0 spiro atoms. The first-order chi connectivity index (χ1) is 11.0. The number of hydrogen-bond acceptors (Lipinski definition) is 3. The summed E-state index contributed by atoms with van der Waals surface area (Å²) in [5, 5.41) is 3.48. The fourth-order valence-electron chi connectivity index (χ4n) is 1.99. The number of carbonyl (C=O) groups is 1. The van der Waals surface area contributed by atoms with Crippen LogP contribution < -0.4 is 14.8 Å². The van der Waals surface area contributed by atoms with Crippen molar-refractivity contribution in [3.8, 4) is 11.5 Å². The maximum atomic E-state index is 12.2. The first-order valence-electron chi connectivity index (χ1n) is 7.46. The molecule has 1 amide bonds. The lowest BCUT2D eigenvalue weighted by Gasteiger charge is -2.15. The first kappa shape index (κ1) is 17.2. The van der Waals surface area contributed by atoms with Gasteiger partial charge in [0.2, 0.25) is 0 Å². The van der Waals surface area contributed by atoms with Gasteiger partial charge in [-0.2, -0.15) is 0 Å². The van der Waals surface area contributed by atoms with E-state index in [-0.39, 0.29) is 5.91 Å². The van der Waals surface area contributed by atoms with Crippen molar-refractivity contribution in [2.24, 2.45) is 0 Å². The van der Waals surface area contributed by atoms with E-state index in [2.05, 4.69) is 5.32 Å². The number of anilines is 1. The number of rotatable bonds is 6. The fourth-order valence-corrected chi connectivity index (χ4v) is 2.11. The zero-order chi connectivity index (χ0) is 16.8. The second kappa shape index (κ2) is 7.88. The molecule has 0 bridgehead atoms. The van der Waals surface area contributed by atoms with Crippen LogP contribution in [0, 0.1) is 6.92 Å². The molecule has 0 aliphatic heterocycles. The molecule has 1 N–H and O–H groups in total. The van der Waals surface area contributed by atoms with Gasteiger partial charge in [0.15, 0.2) is 6.10 Å². The van der Waals surface area contributed by atoms with Gasteiger partial charge in [-0.1, -0.05) is 11.6 Å². The van der Waals surface area contributed by atoms with Crippen molar-refractivity contribution in [3.63, 3.8) is 0 Å². The van der Waals surface area contributed by atoms with Gasteiger partial charge < -0.3 is 14.8 Å². The van der Waals surface area contributed by atoms with Gasteiger partial charge in [-0.05, 0) is 68.8 Å². The van der Waals surface area contributed by atoms with Gasteiger partial charge in [-0.15, -0.1) is 0 Å². The van der Waals surface area contributed by atoms with E-state index in [1.165, 1.54) is 0 Å². The van der Waals surface area contributed by atoms with Crippen molar-refractivity contribution in [1.82, 2.24) is 0 Å². The number of carbonyl (C=O) groups excluding carboxylic acids is 1. The van der Waals surface area contributed by atoms with Crippen LogP contribution in [-0.4, -0.2) is 18.6 Å². The maximum absolute atomic E-state index is 12.2. The molecule has 0 radical (unpaired) electrons. The third-order valence-corrected chi connectivity index (χ3v) is 3.67. The van der Waals surface area contributed by atoms with E-state index < -0.39 is 6.10 Å². The molecule has 0 saturated carbocycles. The Kier molecular flexibility index (Phi) is 5.88. The van der Waals surface area contributed by atoms with Crippen molar-refractivity contribution < 1.29 is 14.3 Å². The molecule has 0 saturated heterocycles. The SMILES string of the molecule is CCOc1ccc(NC(=O)[C@H](C)Oc2ccc(Cl)c(C)c2)cc1. The van der Waals surface area contributed by atoms with Gasteiger partial charge in [-0.3, -0.25) is 4.79 Å². The lowest BCUT2D eigenvalue weighted by atomic mass is 10.2. The molecule has 0 aliphatic carbocycles. The highest BCUT2D eigenvalue weighted by Gasteiger charge is 2.15. The number of hydrogen-bond donors (Lipinski definition) is 1. The molecule has 1 atom stereocenters. The summed E-state index contributed by atoms with van der Waals surface area (Å²) >= 11 is 5.98. The summed E-state index contributed by atoms with van der Waals surface area (Å²) in [6.45, 7) is 6.12. The van der Waals surface area contributed by atoms with Crippen LogP contribution in [-0.2, 0) is 4.79 Å². The predicted octanol–water partition coefficient (Wildman–Crippen LogP) is 4.45. The number of ether oxygens (including phenoxy) is 2. The smallest absolute Gasteiger partial charge is 0.265 e. The molecule has 0 fully saturated rings. The van der Waals surface area contributed by atoms with Crippen LogP contribution in [0.25, 0.3) is 0 Å². The van der Waals surface area contributed by atoms with E-state index in [9.17, 15) is 4.79 Å². The third kappa shape index (κ3) is 4.89. The largest absolute Gasteiger partial charge is 0.494 e. The van der Waals surface area contributed by atoms with E-state index in [1.54, 1.807) is 31.2 Å². The minimum atomic E-state index is -0.623.